The van der Waals surface area contributed by atoms with Crippen molar-refractivity contribution in [3.05, 3.63) is 89.2 Å². The topological polar surface area (TPSA) is 89.6 Å². The summed E-state index contributed by atoms with van der Waals surface area (Å²) >= 11 is 0. The summed E-state index contributed by atoms with van der Waals surface area (Å²) in [4.78, 5) is -1.46. The summed E-state index contributed by atoms with van der Waals surface area (Å²) in [6, 6.07) is 12.9. The van der Waals surface area contributed by atoms with Gasteiger partial charge in [0, 0.05) is 11.6 Å². The summed E-state index contributed by atoms with van der Waals surface area (Å²) in [6.45, 7) is 1.75. The average molecular weight is 469 g/mol. The Morgan fingerprint density at radius 1 is 0.938 bits per heavy atom. The fraction of sp³-hybridized carbons (Fsp3) is 0.182. The number of aliphatic hydroxyl groups is 1. The van der Waals surface area contributed by atoms with Gasteiger partial charge in [-0.3, -0.25) is 0 Å². The van der Waals surface area contributed by atoms with Gasteiger partial charge in [0.1, 0.15) is 22.6 Å². The number of sulfone groups is 1. The van der Waals surface area contributed by atoms with Crippen molar-refractivity contribution >= 4 is 9.84 Å². The minimum absolute atomic E-state index is 0.240. The number of aliphatic hydroxyl groups excluding tert-OH is 1. The normalized spacial score (nSPS) is 14.1. The number of ether oxygens (including phenoxy) is 1. The van der Waals surface area contributed by atoms with E-state index >= 15 is 0 Å². The first-order valence-electron chi connectivity index (χ1n) is 9.33. The maximum atomic E-state index is 14.3. The molecular weight excluding hydrogens is 450 g/mol. The fourth-order valence-electron chi connectivity index (χ4n) is 3.11. The molecule has 0 fully saturated rings. The van der Waals surface area contributed by atoms with Crippen LogP contribution in [0.3, 0.4) is 0 Å². The van der Waals surface area contributed by atoms with E-state index in [-0.39, 0.29) is 17.2 Å². The molecule has 0 saturated heterocycles. The van der Waals surface area contributed by atoms with Gasteiger partial charge in [0.2, 0.25) is 9.84 Å². The number of nitrogens with two attached hydrogens (primary N) is 1. The smallest absolute Gasteiger partial charge is 0.406 e. The second-order valence-corrected chi connectivity index (χ2v) is 8.93. The van der Waals surface area contributed by atoms with Gasteiger partial charge in [0.15, 0.2) is 0 Å². The highest BCUT2D eigenvalue weighted by atomic mass is 32.2. The summed E-state index contributed by atoms with van der Waals surface area (Å²) < 4.78 is 82.5. The lowest BCUT2D eigenvalue weighted by atomic mass is 9.99. The Labute approximate surface area is 182 Å². The molecule has 10 heteroatoms. The van der Waals surface area contributed by atoms with E-state index in [0.29, 0.717) is 6.07 Å². The van der Waals surface area contributed by atoms with Gasteiger partial charge in [-0.1, -0.05) is 42.5 Å². The van der Waals surface area contributed by atoms with Crippen molar-refractivity contribution in [2.75, 3.05) is 0 Å². The van der Waals surface area contributed by atoms with Crippen LogP contribution in [0.25, 0.3) is 0 Å². The Morgan fingerprint density at radius 2 is 1.53 bits per heavy atom. The van der Waals surface area contributed by atoms with Crippen molar-refractivity contribution < 1.29 is 35.8 Å². The molecule has 2 atom stereocenters. The van der Waals surface area contributed by atoms with E-state index < -0.39 is 43.7 Å². The van der Waals surface area contributed by atoms with E-state index in [1.54, 1.807) is 19.1 Å². The predicted molar refractivity (Wildman–Crippen MR) is 108 cm³/mol. The molecule has 3 aromatic carbocycles. The van der Waals surface area contributed by atoms with E-state index in [1.807, 2.05) is 0 Å². The van der Waals surface area contributed by atoms with E-state index in [1.165, 1.54) is 24.3 Å². The molecule has 1 unspecified atom stereocenters. The van der Waals surface area contributed by atoms with Gasteiger partial charge in [0.25, 0.3) is 0 Å². The zero-order chi connectivity index (χ0) is 23.7. The van der Waals surface area contributed by atoms with E-state index in [9.17, 15) is 31.1 Å². The Bertz CT molecular complexity index is 1210. The molecule has 3 rings (SSSR count). The fourth-order valence-corrected chi connectivity index (χ4v) is 4.69. The minimum Gasteiger partial charge on any atom is -0.406 e. The molecule has 3 aromatic rings. The van der Waals surface area contributed by atoms with E-state index in [2.05, 4.69) is 4.74 Å². The predicted octanol–water partition coefficient (Wildman–Crippen LogP) is 4.66. The molecule has 3 N–H and O–H groups in total. The zero-order valence-corrected chi connectivity index (χ0v) is 17.5. The van der Waals surface area contributed by atoms with Crippen molar-refractivity contribution in [1.29, 1.82) is 0 Å². The van der Waals surface area contributed by atoms with Gasteiger partial charge < -0.3 is 15.6 Å². The van der Waals surface area contributed by atoms with E-state index in [0.717, 1.165) is 29.8 Å². The lowest BCUT2D eigenvalue weighted by molar-refractivity contribution is -0.274. The van der Waals surface area contributed by atoms with Crippen LogP contribution in [0.5, 0.6) is 5.75 Å². The standard InChI is InChI=1S/C22H19F4NO4S/c1-13(27)14-6-8-15(9-7-14)21(28)17-11-10-16(31-22(24,25)26)12-20(17)32(29,30)19-5-3-2-4-18(19)23/h2-13,21,28H,27H2,1H3/t13-,21?/m0/s1. The van der Waals surface area contributed by atoms with Crippen molar-refractivity contribution in [3.63, 3.8) is 0 Å². The van der Waals surface area contributed by atoms with Crippen LogP contribution in [0.4, 0.5) is 17.6 Å². The third-order valence-electron chi connectivity index (χ3n) is 4.71. The molecule has 0 aliphatic rings. The third kappa shape index (κ3) is 5.09. The van der Waals surface area contributed by atoms with Crippen LogP contribution >= 0.6 is 0 Å². The number of hydrogen-bond acceptors (Lipinski definition) is 5. The second-order valence-electron chi connectivity index (χ2n) is 7.04. The molecule has 0 spiro atoms. The van der Waals surface area contributed by atoms with E-state index in [4.69, 9.17) is 5.73 Å². The van der Waals surface area contributed by atoms with Gasteiger partial charge in [-0.25, -0.2) is 12.8 Å². The summed E-state index contributed by atoms with van der Waals surface area (Å²) in [5, 5.41) is 10.9. The summed E-state index contributed by atoms with van der Waals surface area (Å²) in [5.74, 6) is -1.91. The maximum absolute atomic E-state index is 14.3. The molecular formula is C22H19F4NO4S. The molecule has 0 radical (unpaired) electrons. The van der Waals surface area contributed by atoms with Gasteiger partial charge in [-0.05, 0) is 42.3 Å². The van der Waals surface area contributed by atoms with Crippen molar-refractivity contribution in [2.45, 2.75) is 35.2 Å². The van der Waals surface area contributed by atoms with Gasteiger partial charge in [-0.2, -0.15) is 0 Å². The molecule has 170 valence electrons. The first-order valence-corrected chi connectivity index (χ1v) is 10.8. The highest BCUT2D eigenvalue weighted by Gasteiger charge is 2.33. The summed E-state index contributed by atoms with van der Waals surface area (Å²) in [5.41, 5.74) is 6.58. The van der Waals surface area contributed by atoms with Crippen LogP contribution in [0, 0.1) is 5.82 Å². The largest absolute Gasteiger partial charge is 0.573 e. The average Bonchev–Trinajstić information content (AvgIpc) is 2.72. The zero-order valence-electron chi connectivity index (χ0n) is 16.7. The highest BCUT2D eigenvalue weighted by Crippen LogP contribution is 2.36. The minimum atomic E-state index is -5.08. The summed E-state index contributed by atoms with van der Waals surface area (Å²) in [7, 11) is -4.66. The molecule has 0 aromatic heterocycles. The number of alkyl halides is 3. The molecule has 0 amide bonds. The van der Waals surface area contributed by atoms with Gasteiger partial charge in [0.05, 0.1) is 4.90 Å². The van der Waals surface area contributed by atoms with Crippen LogP contribution < -0.4 is 10.5 Å². The molecule has 0 saturated carbocycles. The first-order chi connectivity index (χ1) is 14.9. The van der Waals surface area contributed by atoms with Gasteiger partial charge in [-0.15, -0.1) is 13.2 Å². The molecule has 0 bridgehead atoms. The Hall–Kier alpha value is -2.95. The molecule has 0 aliphatic carbocycles. The monoisotopic (exact) mass is 469 g/mol. The first kappa shape index (κ1) is 23.7. The highest BCUT2D eigenvalue weighted by molar-refractivity contribution is 7.91. The molecule has 5 nitrogen and oxygen atoms in total. The molecule has 0 heterocycles. The SMILES string of the molecule is C[C@H](N)c1ccc(C(O)c2ccc(OC(F)(F)F)cc2S(=O)(=O)c2ccccc2F)cc1. The number of halogens is 4. The maximum Gasteiger partial charge on any atom is 0.573 e. The lowest BCUT2D eigenvalue weighted by Gasteiger charge is -2.19. The van der Waals surface area contributed by atoms with Crippen LogP contribution in [0.2, 0.25) is 0 Å². The Morgan fingerprint density at radius 3 is 2.09 bits per heavy atom. The van der Waals surface area contributed by atoms with Crippen molar-refractivity contribution in [1.82, 2.24) is 0 Å². The quantitative estimate of drug-likeness (QED) is 0.513. The van der Waals surface area contributed by atoms with Crippen LogP contribution in [0.15, 0.2) is 76.5 Å². The number of hydrogen-bond donors (Lipinski definition) is 2. The van der Waals surface area contributed by atoms with Crippen LogP contribution in [-0.2, 0) is 9.84 Å². The van der Waals surface area contributed by atoms with Crippen LogP contribution in [-0.4, -0.2) is 19.9 Å². The van der Waals surface area contributed by atoms with Crippen molar-refractivity contribution in [3.8, 4) is 5.75 Å². The second kappa shape index (κ2) is 8.89. The lowest BCUT2D eigenvalue weighted by Crippen LogP contribution is -2.18. The van der Waals surface area contributed by atoms with Gasteiger partial charge >= 0.3 is 6.36 Å². The Balaban J connectivity index is 2.16. The Kier molecular flexibility index (Phi) is 6.59. The third-order valence-corrected chi connectivity index (χ3v) is 6.55. The molecule has 0 aliphatic heterocycles. The van der Waals surface area contributed by atoms with Crippen molar-refractivity contribution in [2.24, 2.45) is 5.73 Å². The molecule has 32 heavy (non-hydrogen) atoms. The van der Waals surface area contributed by atoms with Crippen LogP contribution in [0.1, 0.15) is 35.8 Å². The summed E-state index contributed by atoms with van der Waals surface area (Å²) in [6.07, 6.45) is -6.61. The number of benzene rings is 3. The number of rotatable bonds is 6.